The largest absolute Gasteiger partial charge is 0.457 e. The number of nitrogens with zero attached hydrogens (tertiary/aromatic N) is 4. The Kier molecular flexibility index (Phi) is 5.13. The van der Waals surface area contributed by atoms with E-state index in [1.54, 1.807) is 29.2 Å². The van der Waals surface area contributed by atoms with E-state index in [4.69, 9.17) is 10.00 Å². The third-order valence-corrected chi connectivity index (χ3v) is 6.94. The number of cyclic esters (lactones) is 1. The number of nitriles is 1. The van der Waals surface area contributed by atoms with Gasteiger partial charge in [0.2, 0.25) is 5.91 Å². The molecule has 2 aromatic carbocycles. The van der Waals surface area contributed by atoms with Gasteiger partial charge in [-0.15, -0.1) is 0 Å². The molecule has 32 heavy (non-hydrogen) atoms. The molecule has 0 spiro atoms. The number of aliphatic hydroxyl groups is 1. The molecule has 1 fully saturated rings. The number of aryl methyl sites for hydroxylation is 1. The number of esters is 1. The summed E-state index contributed by atoms with van der Waals surface area (Å²) >= 11 is 1.40. The Balaban J connectivity index is 1.27. The number of anilines is 1. The molecule has 3 aromatic rings. The lowest BCUT2D eigenvalue weighted by atomic mass is 9.96. The minimum atomic E-state index is -0.776. The maximum absolute atomic E-state index is 12.8. The number of benzene rings is 2. The number of hydrogen-bond acceptors (Lipinski definition) is 8. The molecule has 8 nitrogen and oxygen atoms in total. The van der Waals surface area contributed by atoms with E-state index < -0.39 is 6.10 Å². The van der Waals surface area contributed by atoms with Crippen LogP contribution >= 0.6 is 11.3 Å². The summed E-state index contributed by atoms with van der Waals surface area (Å²) in [6.45, 7) is 3.67. The molecule has 162 valence electrons. The van der Waals surface area contributed by atoms with Gasteiger partial charge < -0.3 is 9.84 Å². The molecule has 1 aromatic heterocycles. The van der Waals surface area contributed by atoms with E-state index in [1.165, 1.54) is 11.3 Å². The number of thiazole rings is 1. The van der Waals surface area contributed by atoms with Gasteiger partial charge in [-0.3, -0.25) is 14.6 Å². The molecule has 1 N–H and O–H groups in total. The molecule has 2 aliphatic heterocycles. The van der Waals surface area contributed by atoms with Gasteiger partial charge in [-0.1, -0.05) is 11.3 Å². The van der Waals surface area contributed by atoms with Crippen LogP contribution in [0, 0.1) is 18.3 Å². The zero-order chi connectivity index (χ0) is 22.4. The summed E-state index contributed by atoms with van der Waals surface area (Å²) in [4.78, 5) is 32.7. The third-order valence-electron chi connectivity index (χ3n) is 5.90. The molecule has 1 atom stereocenters. The number of ether oxygens (including phenoxy) is 1. The number of hydrogen-bond donors (Lipinski definition) is 1. The highest BCUT2D eigenvalue weighted by Crippen LogP contribution is 2.31. The number of fused-ring (bicyclic) bond motifs is 2. The van der Waals surface area contributed by atoms with Crippen LogP contribution in [0.5, 0.6) is 0 Å². The van der Waals surface area contributed by atoms with Crippen molar-refractivity contribution in [3.05, 3.63) is 58.1 Å². The van der Waals surface area contributed by atoms with Crippen molar-refractivity contribution in [2.45, 2.75) is 19.6 Å². The fourth-order valence-electron chi connectivity index (χ4n) is 4.18. The predicted octanol–water partition coefficient (Wildman–Crippen LogP) is 2.53. The number of piperazine rings is 1. The van der Waals surface area contributed by atoms with Crippen molar-refractivity contribution in [1.29, 1.82) is 5.26 Å². The molecule has 3 heterocycles. The normalized spacial score (nSPS) is 17.3. The molecule has 1 saturated heterocycles. The fourth-order valence-corrected chi connectivity index (χ4v) is 5.23. The van der Waals surface area contributed by atoms with E-state index in [-0.39, 0.29) is 25.0 Å². The molecule has 0 bridgehead atoms. The predicted molar refractivity (Wildman–Crippen MR) is 118 cm³/mol. The topological polar surface area (TPSA) is 107 Å². The number of carbonyl (C=O) groups excluding carboxylic acids is 2. The minimum Gasteiger partial charge on any atom is -0.457 e. The molecule has 5 rings (SSSR count). The molecular formula is C23H20N4O4S. The third kappa shape index (κ3) is 3.62. The van der Waals surface area contributed by atoms with E-state index in [2.05, 4.69) is 11.1 Å². The summed E-state index contributed by atoms with van der Waals surface area (Å²) in [7, 11) is 0. The number of amides is 1. The first-order valence-corrected chi connectivity index (χ1v) is 11.1. The van der Waals surface area contributed by atoms with Crippen LogP contribution < -0.4 is 4.90 Å². The highest BCUT2D eigenvalue weighted by atomic mass is 32.1. The summed E-state index contributed by atoms with van der Waals surface area (Å²) in [5.41, 5.74) is 4.24. The second-order valence-corrected chi connectivity index (χ2v) is 9.04. The van der Waals surface area contributed by atoms with Gasteiger partial charge in [0.1, 0.15) is 6.61 Å². The van der Waals surface area contributed by atoms with Crippen molar-refractivity contribution in [3.8, 4) is 6.07 Å². The van der Waals surface area contributed by atoms with Gasteiger partial charge in [-0.05, 0) is 48.4 Å². The number of carbonyl (C=O) groups is 2. The quantitative estimate of drug-likeness (QED) is 0.611. The number of aliphatic hydroxyl groups excluding tert-OH is 1. The zero-order valence-corrected chi connectivity index (χ0v) is 18.2. The Labute approximate surface area is 188 Å². The first kappa shape index (κ1) is 20.6. The van der Waals surface area contributed by atoms with Crippen molar-refractivity contribution in [2.75, 3.05) is 31.1 Å². The van der Waals surface area contributed by atoms with E-state index in [1.807, 2.05) is 17.9 Å². The van der Waals surface area contributed by atoms with Crippen LogP contribution in [-0.2, 0) is 16.1 Å². The number of β-amino-alcohol motifs (C(OH)–C–C–N with tert-alkyl or cyclic N) is 1. The first-order valence-electron chi connectivity index (χ1n) is 10.2. The van der Waals surface area contributed by atoms with Gasteiger partial charge in [-0.25, -0.2) is 9.78 Å². The molecule has 1 amide bonds. The second kappa shape index (κ2) is 7.98. The van der Waals surface area contributed by atoms with Gasteiger partial charge in [0, 0.05) is 25.2 Å². The average molecular weight is 449 g/mol. The average Bonchev–Trinajstić information content (AvgIpc) is 3.36. The zero-order valence-electron chi connectivity index (χ0n) is 17.4. The van der Waals surface area contributed by atoms with Crippen molar-refractivity contribution >= 4 is 38.6 Å². The highest BCUT2D eigenvalue weighted by molar-refractivity contribution is 7.22. The first-order chi connectivity index (χ1) is 15.4. The number of aromatic nitrogens is 1. The van der Waals surface area contributed by atoms with E-state index in [0.717, 1.165) is 26.9 Å². The number of rotatable bonds is 4. The molecule has 0 aliphatic carbocycles. The van der Waals surface area contributed by atoms with Gasteiger partial charge >= 0.3 is 5.97 Å². The smallest absolute Gasteiger partial charge is 0.338 e. The standard InChI is InChI=1S/C23H20N4O4S/c1-13-6-17-15(12-31-22(17)30)8-16(13)19(28)10-26-4-5-27(21(29)11-26)23-25-18-3-2-14(9-24)7-20(18)32-23/h2-3,6-8,19,28H,4-5,10-12H2,1H3. The molecule has 2 aliphatic rings. The van der Waals surface area contributed by atoms with Crippen LogP contribution in [0.25, 0.3) is 10.2 Å². The summed E-state index contributed by atoms with van der Waals surface area (Å²) in [6.07, 6.45) is -0.776. The highest BCUT2D eigenvalue weighted by Gasteiger charge is 2.30. The van der Waals surface area contributed by atoms with Gasteiger partial charge in [0.15, 0.2) is 5.13 Å². The molecular weight excluding hydrogens is 428 g/mol. The Hall–Kier alpha value is -3.32. The molecule has 0 saturated carbocycles. The fraction of sp³-hybridized carbons (Fsp3) is 0.304. The monoisotopic (exact) mass is 448 g/mol. The van der Waals surface area contributed by atoms with Crippen molar-refractivity contribution in [1.82, 2.24) is 9.88 Å². The molecule has 0 radical (unpaired) electrons. The molecule has 1 unspecified atom stereocenters. The summed E-state index contributed by atoms with van der Waals surface area (Å²) < 4.78 is 5.94. The van der Waals surface area contributed by atoms with Crippen LogP contribution in [0.15, 0.2) is 30.3 Å². The van der Waals surface area contributed by atoms with Crippen molar-refractivity contribution in [3.63, 3.8) is 0 Å². The summed E-state index contributed by atoms with van der Waals surface area (Å²) in [5, 5.41) is 20.5. The Bertz CT molecular complexity index is 1300. The Morgan fingerprint density at radius 2 is 2.12 bits per heavy atom. The van der Waals surface area contributed by atoms with E-state index in [0.29, 0.717) is 35.9 Å². The van der Waals surface area contributed by atoms with Crippen LogP contribution in [0.1, 0.15) is 38.7 Å². The van der Waals surface area contributed by atoms with Crippen LogP contribution in [-0.4, -0.2) is 53.0 Å². The minimum absolute atomic E-state index is 0.0762. The SMILES string of the molecule is Cc1cc2c(cc1C(O)CN1CCN(c3nc4ccc(C#N)cc4s3)C(=O)C1)COC2=O. The van der Waals surface area contributed by atoms with Gasteiger partial charge in [0.05, 0.1) is 40.1 Å². The molecule has 9 heteroatoms. The van der Waals surface area contributed by atoms with Gasteiger partial charge in [-0.2, -0.15) is 5.26 Å². The maximum atomic E-state index is 12.8. The van der Waals surface area contributed by atoms with E-state index >= 15 is 0 Å². The van der Waals surface area contributed by atoms with Crippen molar-refractivity contribution in [2.24, 2.45) is 0 Å². The second-order valence-electron chi connectivity index (χ2n) is 8.03. The van der Waals surface area contributed by atoms with Crippen molar-refractivity contribution < 1.29 is 19.4 Å². The van der Waals surface area contributed by atoms with Crippen LogP contribution in [0.3, 0.4) is 0 Å². The van der Waals surface area contributed by atoms with Gasteiger partial charge in [0.25, 0.3) is 0 Å². The summed E-state index contributed by atoms with van der Waals surface area (Å²) in [6, 6.07) is 11.0. The lowest BCUT2D eigenvalue weighted by Crippen LogP contribution is -2.51. The maximum Gasteiger partial charge on any atom is 0.338 e. The van der Waals surface area contributed by atoms with Crippen LogP contribution in [0.4, 0.5) is 5.13 Å². The Morgan fingerprint density at radius 3 is 2.91 bits per heavy atom. The van der Waals surface area contributed by atoms with Crippen LogP contribution in [0.2, 0.25) is 0 Å². The lowest BCUT2D eigenvalue weighted by Gasteiger charge is -2.34. The summed E-state index contributed by atoms with van der Waals surface area (Å²) in [5.74, 6) is -0.405. The van der Waals surface area contributed by atoms with E-state index in [9.17, 15) is 14.7 Å². The Morgan fingerprint density at radius 1 is 1.28 bits per heavy atom. The lowest BCUT2D eigenvalue weighted by molar-refractivity contribution is -0.121.